The minimum Gasteiger partial charge on any atom is -0.143 e. The number of halogens is 2. The van der Waals surface area contributed by atoms with E-state index in [4.69, 9.17) is 11.6 Å². The molecule has 0 bridgehead atoms. The Kier molecular flexibility index (Phi) is 3.63. The second-order valence-corrected chi connectivity index (χ2v) is 6.03. The molecule has 2 rings (SSSR count). The quantitative estimate of drug-likeness (QED) is 0.417. The first-order valence-corrected chi connectivity index (χ1v) is 7.78. The van der Waals surface area contributed by atoms with Gasteiger partial charge in [0.05, 0.1) is 0 Å². The summed E-state index contributed by atoms with van der Waals surface area (Å²) in [5.41, 5.74) is 1.27. The van der Waals surface area contributed by atoms with Gasteiger partial charge in [-0.25, -0.2) is 0 Å². The van der Waals surface area contributed by atoms with E-state index in [1.165, 1.54) is 24.1 Å². The average Bonchev–Trinajstić information content (AvgIpc) is 2.66. The van der Waals surface area contributed by atoms with Gasteiger partial charge in [0.15, 0.2) is 0 Å². The topological polar surface area (TPSA) is 0 Å². The van der Waals surface area contributed by atoms with Gasteiger partial charge in [0.1, 0.15) is 0 Å². The number of alkyl halides is 1. The molecule has 1 aromatic heterocycles. The maximum Gasteiger partial charge on any atom is 0.0491 e. The van der Waals surface area contributed by atoms with Gasteiger partial charge in [0.2, 0.25) is 0 Å². The summed E-state index contributed by atoms with van der Waals surface area (Å²) in [6.45, 7) is 0. The first-order valence-electron chi connectivity index (χ1n) is 4.06. The van der Waals surface area contributed by atoms with Gasteiger partial charge in [-0.15, -0.1) is 34.7 Å². The van der Waals surface area contributed by atoms with E-state index in [0.29, 0.717) is 5.88 Å². The van der Waals surface area contributed by atoms with Crippen molar-refractivity contribution in [3.05, 3.63) is 26.6 Å². The summed E-state index contributed by atoms with van der Waals surface area (Å²) in [7, 11) is 0. The minimum absolute atomic E-state index is 0.598. The maximum absolute atomic E-state index is 5.99. The Morgan fingerprint density at radius 1 is 1.57 bits per heavy atom. The molecular weight excluding hydrogens is 347 g/mol. The van der Waals surface area contributed by atoms with Crippen molar-refractivity contribution in [3.63, 3.8) is 0 Å². The molecule has 1 heterocycles. The summed E-state index contributed by atoms with van der Waals surface area (Å²) in [5.74, 6) is 0.598. The predicted octanol–water partition coefficient (Wildman–Crippen LogP) is 4.97. The van der Waals surface area contributed by atoms with Crippen LogP contribution in [-0.4, -0.2) is 6.26 Å². The van der Waals surface area contributed by atoms with Crippen LogP contribution >= 0.6 is 57.3 Å². The fraction of sp³-hybridized carbons (Fsp3) is 0.200. The predicted molar refractivity (Wildman–Crippen MR) is 75.9 cm³/mol. The van der Waals surface area contributed by atoms with Crippen LogP contribution in [0.2, 0.25) is 0 Å². The van der Waals surface area contributed by atoms with Gasteiger partial charge >= 0.3 is 0 Å². The zero-order valence-corrected chi connectivity index (χ0v) is 12.1. The SMILES string of the molecule is CSc1cc(I)c2sccc2c1CCl. The molecule has 0 nitrogen and oxygen atoms in total. The summed E-state index contributed by atoms with van der Waals surface area (Å²) in [5, 5.41) is 3.45. The van der Waals surface area contributed by atoms with E-state index in [1.807, 2.05) is 0 Å². The highest BCUT2D eigenvalue weighted by Gasteiger charge is 2.10. The average molecular weight is 355 g/mol. The van der Waals surface area contributed by atoms with Gasteiger partial charge in [0.25, 0.3) is 0 Å². The molecule has 0 amide bonds. The van der Waals surface area contributed by atoms with Gasteiger partial charge in [-0.2, -0.15) is 0 Å². The third-order valence-corrected chi connectivity index (χ3v) is 5.35. The monoisotopic (exact) mass is 354 g/mol. The first kappa shape index (κ1) is 11.0. The van der Waals surface area contributed by atoms with E-state index >= 15 is 0 Å². The highest BCUT2D eigenvalue weighted by atomic mass is 127. The smallest absolute Gasteiger partial charge is 0.0491 e. The van der Waals surface area contributed by atoms with Crippen LogP contribution in [0.25, 0.3) is 10.1 Å². The Balaban J connectivity index is 2.82. The molecule has 0 N–H and O–H groups in total. The number of hydrogen-bond donors (Lipinski definition) is 0. The van der Waals surface area contributed by atoms with Gasteiger partial charge in [-0.1, -0.05) is 0 Å². The van der Waals surface area contributed by atoms with Gasteiger partial charge in [-0.3, -0.25) is 0 Å². The van der Waals surface area contributed by atoms with Gasteiger partial charge in [-0.05, 0) is 57.3 Å². The molecule has 0 aliphatic rings. The molecule has 0 unspecified atom stereocenters. The Labute approximate surface area is 110 Å². The van der Waals surface area contributed by atoms with Crippen LogP contribution in [0.3, 0.4) is 0 Å². The zero-order chi connectivity index (χ0) is 10.1. The van der Waals surface area contributed by atoms with E-state index in [1.54, 1.807) is 23.1 Å². The Bertz CT molecular complexity index is 464. The molecule has 0 saturated heterocycles. The van der Waals surface area contributed by atoms with E-state index in [9.17, 15) is 0 Å². The van der Waals surface area contributed by atoms with Crippen LogP contribution in [0.15, 0.2) is 22.4 Å². The van der Waals surface area contributed by atoms with Crippen molar-refractivity contribution < 1.29 is 0 Å². The fourth-order valence-corrected chi connectivity index (χ4v) is 4.51. The summed E-state index contributed by atoms with van der Waals surface area (Å²) in [4.78, 5) is 1.30. The standard InChI is InChI=1S/C10H8ClIS2/c1-13-9-4-8(12)10-6(2-3-14-10)7(9)5-11/h2-4H,5H2,1H3. The van der Waals surface area contributed by atoms with Crippen molar-refractivity contribution in [1.29, 1.82) is 0 Å². The Hall–Kier alpha value is 0.550. The number of rotatable bonds is 2. The Morgan fingerprint density at radius 2 is 2.36 bits per heavy atom. The van der Waals surface area contributed by atoms with Crippen molar-refractivity contribution in [3.8, 4) is 0 Å². The molecule has 0 saturated carbocycles. The molecule has 0 atom stereocenters. The third kappa shape index (κ3) is 1.79. The van der Waals surface area contributed by atoms with Crippen molar-refractivity contribution in [2.75, 3.05) is 6.26 Å². The molecule has 1 aromatic carbocycles. The lowest BCUT2D eigenvalue weighted by atomic mass is 10.1. The number of thioether (sulfide) groups is 1. The number of fused-ring (bicyclic) bond motifs is 1. The molecule has 74 valence electrons. The largest absolute Gasteiger partial charge is 0.143 e. The number of hydrogen-bond acceptors (Lipinski definition) is 2. The molecule has 2 aromatic rings. The molecule has 0 radical (unpaired) electrons. The second kappa shape index (κ2) is 4.60. The van der Waals surface area contributed by atoms with Crippen molar-refractivity contribution in [2.45, 2.75) is 10.8 Å². The van der Waals surface area contributed by atoms with Crippen LogP contribution < -0.4 is 0 Å². The molecule has 4 heteroatoms. The summed E-state index contributed by atoms with van der Waals surface area (Å²) >= 11 is 11.9. The van der Waals surface area contributed by atoms with Crippen LogP contribution in [-0.2, 0) is 5.88 Å². The van der Waals surface area contributed by atoms with E-state index < -0.39 is 0 Å². The van der Waals surface area contributed by atoms with Crippen molar-refractivity contribution >= 4 is 67.4 Å². The van der Waals surface area contributed by atoms with Crippen molar-refractivity contribution in [2.24, 2.45) is 0 Å². The third-order valence-electron chi connectivity index (χ3n) is 2.12. The molecule has 0 fully saturated rings. The fourth-order valence-electron chi connectivity index (χ4n) is 1.45. The minimum atomic E-state index is 0.598. The van der Waals surface area contributed by atoms with E-state index in [0.717, 1.165) is 0 Å². The van der Waals surface area contributed by atoms with Crippen LogP contribution in [0, 0.1) is 3.57 Å². The van der Waals surface area contributed by atoms with E-state index in [-0.39, 0.29) is 0 Å². The van der Waals surface area contributed by atoms with Crippen LogP contribution in [0.1, 0.15) is 5.56 Å². The van der Waals surface area contributed by atoms with Crippen molar-refractivity contribution in [1.82, 2.24) is 0 Å². The van der Waals surface area contributed by atoms with E-state index in [2.05, 4.69) is 46.4 Å². The zero-order valence-electron chi connectivity index (χ0n) is 7.51. The summed E-state index contributed by atoms with van der Waals surface area (Å²) in [6.07, 6.45) is 2.10. The normalized spacial score (nSPS) is 11.1. The number of thiophene rings is 1. The Morgan fingerprint density at radius 3 is 3.00 bits per heavy atom. The van der Waals surface area contributed by atoms with Crippen LogP contribution in [0.5, 0.6) is 0 Å². The summed E-state index contributed by atoms with van der Waals surface area (Å²) < 4.78 is 2.69. The molecule has 0 aliphatic carbocycles. The highest BCUT2D eigenvalue weighted by molar-refractivity contribution is 14.1. The lowest BCUT2D eigenvalue weighted by Gasteiger charge is -2.07. The first-order chi connectivity index (χ1) is 6.77. The van der Waals surface area contributed by atoms with Gasteiger partial charge in [0, 0.05) is 19.0 Å². The highest BCUT2D eigenvalue weighted by Crippen LogP contribution is 2.36. The molecule has 0 aliphatic heterocycles. The lowest BCUT2D eigenvalue weighted by Crippen LogP contribution is -1.86. The van der Waals surface area contributed by atoms with Gasteiger partial charge < -0.3 is 0 Å². The maximum atomic E-state index is 5.99. The lowest BCUT2D eigenvalue weighted by molar-refractivity contribution is 1.30. The van der Waals surface area contributed by atoms with Crippen LogP contribution in [0.4, 0.5) is 0 Å². The number of benzene rings is 1. The molecule has 0 spiro atoms. The molecule has 14 heavy (non-hydrogen) atoms. The molecular formula is C10H8ClIS2. The summed E-state index contributed by atoms with van der Waals surface area (Å²) in [6, 6.07) is 4.39. The second-order valence-electron chi connectivity index (χ2n) is 2.84.